The van der Waals surface area contributed by atoms with Gasteiger partial charge < -0.3 is 5.32 Å². The molecule has 1 heterocycles. The first kappa shape index (κ1) is 26.2. The summed E-state index contributed by atoms with van der Waals surface area (Å²) < 4.78 is 0. The quantitative estimate of drug-likeness (QED) is 0.305. The van der Waals surface area contributed by atoms with Crippen LogP contribution in [0.1, 0.15) is 63.9 Å². The van der Waals surface area contributed by atoms with Gasteiger partial charge in [-0.3, -0.25) is 14.5 Å². The number of nitrogens with zero attached hydrogens (tertiary/aromatic N) is 2. The second-order valence-corrected chi connectivity index (χ2v) is 11.5. The van der Waals surface area contributed by atoms with Crippen LogP contribution >= 0.6 is 11.8 Å². The Hall–Kier alpha value is -3.38. The molecule has 5 rings (SSSR count). The lowest BCUT2D eigenvalue weighted by molar-refractivity contribution is -0.128. The van der Waals surface area contributed by atoms with Crippen molar-refractivity contribution in [3.63, 3.8) is 0 Å². The molecule has 1 fully saturated rings. The SMILES string of the molecule is CC(C)c1ccc(N=C2SC(CC(=O)Nc3cccc4ccccc34)C(=O)N2CCC2=CCCCC2)cc1. The maximum Gasteiger partial charge on any atom is 0.242 e. The normalized spacial score (nSPS) is 18.9. The summed E-state index contributed by atoms with van der Waals surface area (Å²) in [6.07, 6.45) is 7.98. The lowest BCUT2D eigenvalue weighted by Crippen LogP contribution is -2.34. The number of carbonyl (C=O) groups is 2. The summed E-state index contributed by atoms with van der Waals surface area (Å²) in [5.41, 5.74) is 4.27. The molecule has 0 aromatic heterocycles. The predicted octanol–water partition coefficient (Wildman–Crippen LogP) is 7.81. The maximum absolute atomic E-state index is 13.5. The van der Waals surface area contributed by atoms with Gasteiger partial charge in [0, 0.05) is 24.0 Å². The largest absolute Gasteiger partial charge is 0.325 e. The summed E-state index contributed by atoms with van der Waals surface area (Å²) in [6, 6.07) is 22.0. The van der Waals surface area contributed by atoms with Gasteiger partial charge >= 0.3 is 0 Å². The Balaban J connectivity index is 1.33. The molecule has 5 nitrogen and oxygen atoms in total. The third-order valence-corrected chi connectivity index (χ3v) is 8.46. The molecule has 1 aliphatic heterocycles. The molecule has 3 aromatic rings. The molecule has 0 radical (unpaired) electrons. The number of amidine groups is 1. The minimum atomic E-state index is -0.487. The summed E-state index contributed by atoms with van der Waals surface area (Å²) in [4.78, 5) is 33.3. The fourth-order valence-corrected chi connectivity index (χ4v) is 6.25. The van der Waals surface area contributed by atoms with Crippen LogP contribution in [0.25, 0.3) is 10.8 Å². The van der Waals surface area contributed by atoms with Crippen LogP contribution in [-0.2, 0) is 9.59 Å². The smallest absolute Gasteiger partial charge is 0.242 e. The topological polar surface area (TPSA) is 61.8 Å². The molecule has 38 heavy (non-hydrogen) atoms. The Bertz CT molecular complexity index is 1370. The van der Waals surface area contributed by atoms with Gasteiger partial charge in [-0.15, -0.1) is 0 Å². The van der Waals surface area contributed by atoms with Gasteiger partial charge in [-0.2, -0.15) is 0 Å². The zero-order valence-corrected chi connectivity index (χ0v) is 23.0. The lowest BCUT2D eigenvalue weighted by atomic mass is 9.97. The molecular formula is C32H35N3O2S. The van der Waals surface area contributed by atoms with Crippen LogP contribution in [0.2, 0.25) is 0 Å². The van der Waals surface area contributed by atoms with Crippen molar-refractivity contribution in [1.82, 2.24) is 4.90 Å². The molecule has 1 N–H and O–H groups in total. The molecule has 1 saturated heterocycles. The van der Waals surface area contributed by atoms with E-state index in [0.29, 0.717) is 17.6 Å². The summed E-state index contributed by atoms with van der Waals surface area (Å²) in [7, 11) is 0. The zero-order valence-electron chi connectivity index (χ0n) is 22.2. The number of allylic oxidation sites excluding steroid dienone is 1. The molecular weight excluding hydrogens is 490 g/mol. The Labute approximate surface area is 229 Å². The fraction of sp³-hybridized carbons (Fsp3) is 0.344. The number of hydrogen-bond acceptors (Lipinski definition) is 4. The van der Waals surface area contributed by atoms with E-state index in [1.165, 1.54) is 35.7 Å². The van der Waals surface area contributed by atoms with Gasteiger partial charge in [0.1, 0.15) is 5.25 Å². The first-order valence-electron chi connectivity index (χ1n) is 13.6. The Kier molecular flexibility index (Phi) is 8.28. The van der Waals surface area contributed by atoms with Crippen LogP contribution in [-0.4, -0.2) is 33.7 Å². The van der Waals surface area contributed by atoms with Crippen LogP contribution in [0.4, 0.5) is 11.4 Å². The van der Waals surface area contributed by atoms with E-state index in [-0.39, 0.29) is 18.2 Å². The van der Waals surface area contributed by atoms with Crippen molar-refractivity contribution in [2.24, 2.45) is 4.99 Å². The van der Waals surface area contributed by atoms with Crippen LogP contribution in [0, 0.1) is 0 Å². The van der Waals surface area contributed by atoms with Gasteiger partial charge in [0.15, 0.2) is 5.17 Å². The second kappa shape index (κ2) is 12.0. The van der Waals surface area contributed by atoms with Gasteiger partial charge in [0.25, 0.3) is 0 Å². The average Bonchev–Trinajstić information content (AvgIpc) is 3.21. The summed E-state index contributed by atoms with van der Waals surface area (Å²) in [6.45, 7) is 4.94. The van der Waals surface area contributed by atoms with Gasteiger partial charge in [0.05, 0.1) is 5.69 Å². The number of nitrogens with one attached hydrogen (secondary N) is 1. The number of thioether (sulfide) groups is 1. The third kappa shape index (κ3) is 6.18. The number of aliphatic imine (C=N–C) groups is 1. The summed E-state index contributed by atoms with van der Waals surface area (Å²) >= 11 is 1.41. The fourth-order valence-electron chi connectivity index (χ4n) is 5.07. The first-order chi connectivity index (χ1) is 18.5. The van der Waals surface area contributed by atoms with E-state index in [2.05, 4.69) is 37.4 Å². The highest BCUT2D eigenvalue weighted by atomic mass is 32.2. The zero-order chi connectivity index (χ0) is 26.5. The Morgan fingerprint density at radius 1 is 1.05 bits per heavy atom. The molecule has 1 aliphatic carbocycles. The highest BCUT2D eigenvalue weighted by molar-refractivity contribution is 8.15. The van der Waals surface area contributed by atoms with Crippen molar-refractivity contribution in [2.45, 2.75) is 63.5 Å². The molecule has 3 aromatic carbocycles. The van der Waals surface area contributed by atoms with E-state index in [0.717, 1.165) is 41.4 Å². The Morgan fingerprint density at radius 3 is 2.61 bits per heavy atom. The average molecular weight is 526 g/mol. The van der Waals surface area contributed by atoms with E-state index in [1.807, 2.05) is 54.6 Å². The van der Waals surface area contributed by atoms with Crippen molar-refractivity contribution in [1.29, 1.82) is 0 Å². The molecule has 196 valence electrons. The molecule has 0 spiro atoms. The minimum Gasteiger partial charge on any atom is -0.325 e. The molecule has 1 unspecified atom stereocenters. The van der Waals surface area contributed by atoms with E-state index in [1.54, 1.807) is 4.90 Å². The monoisotopic (exact) mass is 525 g/mol. The second-order valence-electron chi connectivity index (χ2n) is 10.4. The number of fused-ring (bicyclic) bond motifs is 1. The van der Waals surface area contributed by atoms with Crippen LogP contribution < -0.4 is 5.32 Å². The molecule has 0 bridgehead atoms. The number of hydrogen-bond donors (Lipinski definition) is 1. The first-order valence-corrected chi connectivity index (χ1v) is 14.5. The predicted molar refractivity (Wildman–Crippen MR) is 159 cm³/mol. The van der Waals surface area contributed by atoms with Gasteiger partial charge in [-0.05, 0) is 67.2 Å². The van der Waals surface area contributed by atoms with Crippen molar-refractivity contribution in [2.75, 3.05) is 11.9 Å². The van der Waals surface area contributed by atoms with Crippen molar-refractivity contribution < 1.29 is 9.59 Å². The number of benzene rings is 3. The van der Waals surface area contributed by atoms with Gasteiger partial charge in [-0.1, -0.05) is 85.8 Å². The highest BCUT2D eigenvalue weighted by Crippen LogP contribution is 2.34. The molecule has 2 aliphatic rings. The number of amides is 2. The molecule has 0 saturated carbocycles. The van der Waals surface area contributed by atoms with Gasteiger partial charge in [-0.25, -0.2) is 4.99 Å². The van der Waals surface area contributed by atoms with E-state index >= 15 is 0 Å². The minimum absolute atomic E-state index is 0.0305. The van der Waals surface area contributed by atoms with E-state index in [9.17, 15) is 9.59 Å². The molecule has 2 amide bonds. The highest BCUT2D eigenvalue weighted by Gasteiger charge is 2.39. The van der Waals surface area contributed by atoms with Crippen molar-refractivity contribution >= 4 is 50.9 Å². The van der Waals surface area contributed by atoms with Crippen LogP contribution in [0.5, 0.6) is 0 Å². The number of anilines is 1. The summed E-state index contributed by atoms with van der Waals surface area (Å²) in [5.74, 6) is 0.255. The standard InChI is InChI=1S/C32H35N3O2S/c1-22(2)24-15-17-26(18-16-24)33-32-35(20-19-23-9-4-3-5-10-23)31(37)29(38-32)21-30(36)34-28-14-8-12-25-11-6-7-13-27(25)28/h6-9,11-18,22,29H,3-5,10,19-21H2,1-2H3,(H,34,36). The maximum atomic E-state index is 13.5. The number of carbonyl (C=O) groups excluding carboxylic acids is 2. The van der Waals surface area contributed by atoms with Gasteiger partial charge in [0.2, 0.25) is 11.8 Å². The van der Waals surface area contributed by atoms with Crippen LogP contribution in [0.15, 0.2) is 83.4 Å². The van der Waals surface area contributed by atoms with Crippen molar-refractivity contribution in [3.05, 3.63) is 83.9 Å². The molecule has 1 atom stereocenters. The number of rotatable bonds is 8. The van der Waals surface area contributed by atoms with E-state index in [4.69, 9.17) is 4.99 Å². The van der Waals surface area contributed by atoms with Crippen molar-refractivity contribution in [3.8, 4) is 0 Å². The van der Waals surface area contributed by atoms with Crippen LogP contribution in [0.3, 0.4) is 0 Å². The summed E-state index contributed by atoms with van der Waals surface area (Å²) in [5, 5.41) is 5.30. The van der Waals surface area contributed by atoms with E-state index < -0.39 is 5.25 Å². The Morgan fingerprint density at radius 2 is 1.84 bits per heavy atom. The third-order valence-electron chi connectivity index (χ3n) is 7.28. The lowest BCUT2D eigenvalue weighted by Gasteiger charge is -2.19. The molecule has 6 heteroatoms.